The average molecular weight is 629 g/mol. The lowest BCUT2D eigenvalue weighted by atomic mass is 9.72. The first-order valence-electron chi connectivity index (χ1n) is 18.3. The van der Waals surface area contributed by atoms with Crippen molar-refractivity contribution in [3.05, 3.63) is 155 Å². The molecule has 2 aromatic carbocycles. The predicted octanol–water partition coefficient (Wildman–Crippen LogP) is 10.9. The third-order valence-electron chi connectivity index (χ3n) is 11.8. The highest BCUT2D eigenvalue weighted by Gasteiger charge is 2.42. The molecule has 8 bridgehead atoms. The summed E-state index contributed by atoms with van der Waals surface area (Å²) in [6, 6.07) is 31.1. The number of H-pyrrole nitrogens is 2. The summed E-state index contributed by atoms with van der Waals surface area (Å²) in [5.41, 5.74) is 13.7. The van der Waals surface area contributed by atoms with Crippen molar-refractivity contribution in [2.75, 3.05) is 0 Å². The van der Waals surface area contributed by atoms with Crippen molar-refractivity contribution in [3.8, 4) is 0 Å². The summed E-state index contributed by atoms with van der Waals surface area (Å²) >= 11 is 0. The van der Waals surface area contributed by atoms with Gasteiger partial charge in [0.15, 0.2) is 0 Å². The normalized spacial score (nSPS) is 24.4. The lowest BCUT2D eigenvalue weighted by Gasteiger charge is -2.32. The molecule has 240 valence electrons. The summed E-state index contributed by atoms with van der Waals surface area (Å²) in [6.45, 7) is 0. The van der Waals surface area contributed by atoms with E-state index in [0.717, 1.165) is 48.5 Å². The molecule has 2 aliphatic carbocycles. The van der Waals surface area contributed by atoms with E-state index < -0.39 is 0 Å². The first-order valence-corrected chi connectivity index (χ1v) is 18.3. The summed E-state index contributed by atoms with van der Waals surface area (Å²) in [7, 11) is 0. The fourth-order valence-corrected chi connectivity index (χ4v) is 9.26. The van der Waals surface area contributed by atoms with Gasteiger partial charge < -0.3 is 9.97 Å². The van der Waals surface area contributed by atoms with E-state index in [0.29, 0.717) is 0 Å². The molecule has 2 spiro atoms. The molecule has 2 aromatic heterocycles. The summed E-state index contributed by atoms with van der Waals surface area (Å²) in [4.78, 5) is 19.2. The topological polar surface area (TPSA) is 56.3 Å². The molecule has 0 unspecified atom stereocenters. The molecule has 5 aliphatic rings. The third-order valence-corrected chi connectivity index (χ3v) is 11.8. The molecule has 4 nitrogen and oxygen atoms in total. The summed E-state index contributed by atoms with van der Waals surface area (Å²) < 4.78 is 0. The van der Waals surface area contributed by atoms with Crippen LogP contribution in [0.25, 0.3) is 11.1 Å². The SMILES string of the molecule is C1=C/C2=C(\c3ccccc3)c3ccc([nH]3)C3(CCCCCC3)c3ccc([nH]3)/C(c3ccccc3)=C3/C=CC(=N3)C3(CCCCCC3)C1=N2. The minimum Gasteiger partial charge on any atom is -0.358 e. The number of aromatic amines is 2. The zero-order valence-electron chi connectivity index (χ0n) is 27.8. The van der Waals surface area contributed by atoms with Gasteiger partial charge in [-0.2, -0.15) is 0 Å². The Morgan fingerprint density at radius 3 is 1.27 bits per heavy atom. The Kier molecular flexibility index (Phi) is 7.41. The van der Waals surface area contributed by atoms with Gasteiger partial charge in [0, 0.05) is 33.9 Å². The Morgan fingerprint density at radius 1 is 0.417 bits per heavy atom. The van der Waals surface area contributed by atoms with Crippen LogP contribution < -0.4 is 0 Å². The van der Waals surface area contributed by atoms with Crippen LogP contribution in [-0.2, 0) is 5.41 Å². The first-order chi connectivity index (χ1) is 23.7. The van der Waals surface area contributed by atoms with Gasteiger partial charge in [0.1, 0.15) is 0 Å². The highest BCUT2D eigenvalue weighted by Crippen LogP contribution is 2.47. The van der Waals surface area contributed by atoms with Crippen molar-refractivity contribution >= 4 is 22.6 Å². The maximum absolute atomic E-state index is 5.58. The minimum absolute atomic E-state index is 0.118. The molecule has 0 atom stereocenters. The van der Waals surface area contributed by atoms with Gasteiger partial charge >= 0.3 is 0 Å². The number of nitrogens with zero attached hydrogens (tertiary/aromatic N) is 2. The van der Waals surface area contributed by atoms with Crippen LogP contribution in [-0.4, -0.2) is 21.4 Å². The van der Waals surface area contributed by atoms with Crippen LogP contribution in [0.15, 0.2) is 131 Å². The van der Waals surface area contributed by atoms with Crippen molar-refractivity contribution < 1.29 is 0 Å². The van der Waals surface area contributed by atoms with Crippen molar-refractivity contribution in [2.45, 2.75) is 82.5 Å². The number of rotatable bonds is 2. The second-order valence-electron chi connectivity index (χ2n) is 14.5. The monoisotopic (exact) mass is 628 g/mol. The number of fused-ring (bicyclic) bond motifs is 10. The molecule has 3 aliphatic heterocycles. The van der Waals surface area contributed by atoms with E-state index >= 15 is 0 Å². The zero-order chi connectivity index (χ0) is 32.0. The number of hydrogen-bond donors (Lipinski definition) is 2. The zero-order valence-corrected chi connectivity index (χ0v) is 27.8. The van der Waals surface area contributed by atoms with E-state index in [2.05, 4.69) is 119 Å². The van der Waals surface area contributed by atoms with Gasteiger partial charge in [-0.15, -0.1) is 0 Å². The van der Waals surface area contributed by atoms with Crippen molar-refractivity contribution in [1.29, 1.82) is 0 Å². The number of allylic oxidation sites excluding steroid dienone is 4. The Hall–Kier alpha value is -4.70. The Morgan fingerprint density at radius 2 is 0.833 bits per heavy atom. The molecule has 0 saturated heterocycles. The Bertz CT molecular complexity index is 1880. The molecule has 2 saturated carbocycles. The first kappa shape index (κ1) is 29.4. The van der Waals surface area contributed by atoms with Crippen LogP contribution in [0.3, 0.4) is 0 Å². The van der Waals surface area contributed by atoms with Crippen LogP contribution in [0.1, 0.15) is 111 Å². The standard InChI is InChI=1S/C44H44N4/c1-2-12-28-43(27-11-1)37-23-19-33(45-37)41(31-15-7-5-8-16-31)35-21-25-39(47-35)44(29-13-3-4-14-30-44)40-26-22-36(48-40)42(32-17-9-6-10-18-32)34-20-24-38(43)46-34/h5-10,15-26,45-46H,1-4,11-14,27-30H2/b41-35-,42-36-. The van der Waals surface area contributed by atoms with Crippen LogP contribution in [0, 0.1) is 5.41 Å². The van der Waals surface area contributed by atoms with E-state index in [9.17, 15) is 0 Å². The van der Waals surface area contributed by atoms with Gasteiger partial charge in [-0.25, -0.2) is 0 Å². The van der Waals surface area contributed by atoms with Crippen LogP contribution >= 0.6 is 0 Å². The van der Waals surface area contributed by atoms with E-state index in [1.165, 1.54) is 96.5 Å². The minimum atomic E-state index is -0.208. The fraction of sp³-hybridized carbons (Fsp3) is 0.318. The van der Waals surface area contributed by atoms with Crippen molar-refractivity contribution in [2.24, 2.45) is 15.4 Å². The number of benzene rings is 2. The van der Waals surface area contributed by atoms with E-state index in [1.54, 1.807) is 0 Å². The molecular formula is C44H44N4. The number of aromatic nitrogens is 2. The molecule has 0 radical (unpaired) electrons. The Labute approximate surface area is 284 Å². The summed E-state index contributed by atoms with van der Waals surface area (Å²) in [5, 5.41) is 0. The average Bonchev–Trinajstić information content (AvgIpc) is 3.94. The fourth-order valence-electron chi connectivity index (χ4n) is 9.26. The highest BCUT2D eigenvalue weighted by molar-refractivity contribution is 6.22. The molecule has 48 heavy (non-hydrogen) atoms. The largest absolute Gasteiger partial charge is 0.358 e. The molecule has 2 N–H and O–H groups in total. The van der Waals surface area contributed by atoms with E-state index in [1.807, 2.05) is 0 Å². The van der Waals surface area contributed by atoms with Crippen molar-refractivity contribution in [1.82, 2.24) is 9.97 Å². The summed E-state index contributed by atoms with van der Waals surface area (Å²) in [5.74, 6) is 0. The van der Waals surface area contributed by atoms with Gasteiger partial charge in [0.05, 0.1) is 33.6 Å². The number of hydrogen-bond acceptors (Lipinski definition) is 2. The molecule has 0 amide bonds. The second-order valence-corrected chi connectivity index (χ2v) is 14.5. The predicted molar refractivity (Wildman–Crippen MR) is 198 cm³/mol. The summed E-state index contributed by atoms with van der Waals surface area (Å²) in [6.07, 6.45) is 23.5. The lowest BCUT2D eigenvalue weighted by molar-refractivity contribution is 0.425. The molecule has 2 fully saturated rings. The third kappa shape index (κ3) is 4.87. The van der Waals surface area contributed by atoms with Gasteiger partial charge in [0.2, 0.25) is 0 Å². The molecular weight excluding hydrogens is 585 g/mol. The lowest BCUT2D eigenvalue weighted by Crippen LogP contribution is -2.36. The number of aliphatic imine (C=N–C) groups is 2. The molecule has 5 heterocycles. The van der Waals surface area contributed by atoms with Gasteiger partial charge in [-0.1, -0.05) is 112 Å². The van der Waals surface area contributed by atoms with E-state index in [4.69, 9.17) is 9.98 Å². The van der Waals surface area contributed by atoms with Crippen LogP contribution in [0.5, 0.6) is 0 Å². The highest BCUT2D eigenvalue weighted by atomic mass is 14.9. The van der Waals surface area contributed by atoms with Crippen molar-refractivity contribution in [3.63, 3.8) is 0 Å². The molecule has 4 aromatic rings. The maximum Gasteiger partial charge on any atom is 0.0733 e. The smallest absolute Gasteiger partial charge is 0.0733 e. The quantitative estimate of drug-likeness (QED) is 0.222. The van der Waals surface area contributed by atoms with Gasteiger partial charge in [-0.3, -0.25) is 9.98 Å². The van der Waals surface area contributed by atoms with Crippen LogP contribution in [0.2, 0.25) is 0 Å². The van der Waals surface area contributed by atoms with Gasteiger partial charge in [-0.05, 0) is 85.4 Å². The van der Waals surface area contributed by atoms with Gasteiger partial charge in [0.25, 0.3) is 0 Å². The molecule has 9 rings (SSSR count). The second kappa shape index (κ2) is 12.1. The van der Waals surface area contributed by atoms with Crippen LogP contribution in [0.4, 0.5) is 0 Å². The van der Waals surface area contributed by atoms with E-state index in [-0.39, 0.29) is 10.8 Å². The Balaban J connectivity index is 1.34. The molecule has 4 heteroatoms. The maximum atomic E-state index is 5.58. The number of nitrogens with one attached hydrogen (secondary N) is 2.